The Labute approximate surface area is 119 Å². The second-order valence-corrected chi connectivity index (χ2v) is 5.51. The van der Waals surface area contributed by atoms with Gasteiger partial charge < -0.3 is 5.32 Å². The Kier molecular flexibility index (Phi) is 3.42. The van der Waals surface area contributed by atoms with Gasteiger partial charge in [0, 0.05) is 24.2 Å². The smallest absolute Gasteiger partial charge is 0.159 e. The van der Waals surface area contributed by atoms with E-state index in [1.165, 1.54) is 12.8 Å². The third kappa shape index (κ3) is 2.66. The van der Waals surface area contributed by atoms with Crippen molar-refractivity contribution >= 4 is 5.82 Å². The van der Waals surface area contributed by atoms with Crippen molar-refractivity contribution in [1.82, 2.24) is 19.7 Å². The van der Waals surface area contributed by atoms with Crippen LogP contribution in [0.3, 0.4) is 0 Å². The second-order valence-electron chi connectivity index (χ2n) is 5.51. The number of nitrogens with one attached hydrogen (secondary N) is 1. The fourth-order valence-electron chi connectivity index (χ4n) is 2.29. The van der Waals surface area contributed by atoms with Gasteiger partial charge in [-0.05, 0) is 39.2 Å². The summed E-state index contributed by atoms with van der Waals surface area (Å²) in [6.45, 7) is 7.14. The van der Waals surface area contributed by atoms with Crippen LogP contribution in [-0.4, -0.2) is 26.3 Å². The molecule has 5 nitrogen and oxygen atoms in total. The Bertz CT molecular complexity index is 613. The third-order valence-electron chi connectivity index (χ3n) is 3.46. The first-order chi connectivity index (χ1) is 9.67. The standard InChI is InChI=1S/C15H21N5/c1-4-7-16-13-9-14(18-15(17-13)12-5-6-12)20-11(3)8-10(2)19-20/h8-9,12H,4-7H2,1-3H3,(H,16,17,18). The lowest BCUT2D eigenvalue weighted by Crippen LogP contribution is -2.09. The Morgan fingerprint density at radius 2 is 2.05 bits per heavy atom. The Morgan fingerprint density at radius 3 is 2.65 bits per heavy atom. The van der Waals surface area contributed by atoms with E-state index in [9.17, 15) is 0 Å². The molecule has 2 aromatic heterocycles. The zero-order chi connectivity index (χ0) is 14.1. The molecular weight excluding hydrogens is 250 g/mol. The molecular formula is C15H21N5. The van der Waals surface area contributed by atoms with Crippen LogP contribution >= 0.6 is 0 Å². The van der Waals surface area contributed by atoms with Gasteiger partial charge in [-0.1, -0.05) is 6.92 Å². The number of hydrogen-bond acceptors (Lipinski definition) is 4. The molecule has 1 saturated carbocycles. The van der Waals surface area contributed by atoms with Crippen molar-refractivity contribution in [2.75, 3.05) is 11.9 Å². The van der Waals surface area contributed by atoms with E-state index in [1.807, 2.05) is 17.7 Å². The molecule has 0 aliphatic heterocycles. The normalized spacial score (nSPS) is 14.6. The molecule has 0 amide bonds. The fourth-order valence-corrected chi connectivity index (χ4v) is 2.29. The highest BCUT2D eigenvalue weighted by atomic mass is 15.3. The van der Waals surface area contributed by atoms with E-state index in [1.54, 1.807) is 0 Å². The zero-order valence-corrected chi connectivity index (χ0v) is 12.3. The molecule has 1 aliphatic carbocycles. The highest BCUT2D eigenvalue weighted by Gasteiger charge is 2.27. The molecule has 0 aromatic carbocycles. The van der Waals surface area contributed by atoms with Gasteiger partial charge in [0.1, 0.15) is 11.6 Å². The second kappa shape index (κ2) is 5.23. The summed E-state index contributed by atoms with van der Waals surface area (Å²) in [5.74, 6) is 3.26. The molecule has 3 rings (SSSR count). The van der Waals surface area contributed by atoms with Crippen molar-refractivity contribution in [3.05, 3.63) is 29.3 Å². The van der Waals surface area contributed by atoms with Crippen molar-refractivity contribution in [1.29, 1.82) is 0 Å². The number of nitrogens with zero attached hydrogens (tertiary/aromatic N) is 4. The molecule has 0 saturated heterocycles. The van der Waals surface area contributed by atoms with Crippen LogP contribution in [0.1, 0.15) is 49.3 Å². The molecule has 1 fully saturated rings. The van der Waals surface area contributed by atoms with Gasteiger partial charge in [0.15, 0.2) is 5.82 Å². The average Bonchev–Trinajstić information content (AvgIpc) is 3.22. The van der Waals surface area contributed by atoms with E-state index in [0.717, 1.165) is 41.8 Å². The van der Waals surface area contributed by atoms with Crippen LogP contribution in [0.5, 0.6) is 0 Å². The maximum Gasteiger partial charge on any atom is 0.159 e. The molecule has 1 N–H and O–H groups in total. The number of rotatable bonds is 5. The number of anilines is 1. The van der Waals surface area contributed by atoms with Gasteiger partial charge in [0.25, 0.3) is 0 Å². The molecule has 0 unspecified atom stereocenters. The van der Waals surface area contributed by atoms with Crippen molar-refractivity contribution in [2.45, 2.75) is 46.0 Å². The van der Waals surface area contributed by atoms with Crippen molar-refractivity contribution in [3.8, 4) is 5.82 Å². The van der Waals surface area contributed by atoms with Gasteiger partial charge in [-0.25, -0.2) is 14.6 Å². The van der Waals surface area contributed by atoms with Crippen molar-refractivity contribution < 1.29 is 0 Å². The highest BCUT2D eigenvalue weighted by Crippen LogP contribution is 2.38. The van der Waals surface area contributed by atoms with Gasteiger partial charge >= 0.3 is 0 Å². The Hall–Kier alpha value is -1.91. The number of aromatic nitrogens is 4. The Balaban J connectivity index is 2.00. The summed E-state index contributed by atoms with van der Waals surface area (Å²) < 4.78 is 1.90. The lowest BCUT2D eigenvalue weighted by Gasteiger charge is -2.10. The summed E-state index contributed by atoms with van der Waals surface area (Å²) in [5.41, 5.74) is 2.11. The van der Waals surface area contributed by atoms with Crippen molar-refractivity contribution in [3.63, 3.8) is 0 Å². The van der Waals surface area contributed by atoms with E-state index in [4.69, 9.17) is 4.98 Å². The first-order valence-corrected chi connectivity index (χ1v) is 7.34. The SMILES string of the molecule is CCCNc1cc(-n2nc(C)cc2C)nc(C2CC2)n1. The molecule has 2 aromatic rings. The number of hydrogen-bond donors (Lipinski definition) is 1. The zero-order valence-electron chi connectivity index (χ0n) is 12.3. The molecule has 0 bridgehead atoms. The van der Waals surface area contributed by atoms with Gasteiger partial charge in [-0.15, -0.1) is 0 Å². The Morgan fingerprint density at radius 1 is 1.25 bits per heavy atom. The van der Waals surface area contributed by atoms with Gasteiger partial charge in [0.2, 0.25) is 0 Å². The molecule has 20 heavy (non-hydrogen) atoms. The average molecular weight is 271 g/mol. The maximum absolute atomic E-state index is 4.70. The number of aryl methyl sites for hydroxylation is 2. The van der Waals surface area contributed by atoms with Crippen LogP contribution in [0.2, 0.25) is 0 Å². The summed E-state index contributed by atoms with van der Waals surface area (Å²) >= 11 is 0. The molecule has 2 heterocycles. The predicted octanol–water partition coefficient (Wildman–Crippen LogP) is 2.98. The molecule has 106 valence electrons. The summed E-state index contributed by atoms with van der Waals surface area (Å²) in [4.78, 5) is 9.33. The van der Waals surface area contributed by atoms with Crippen LogP contribution in [0.4, 0.5) is 5.82 Å². The summed E-state index contributed by atoms with van der Waals surface area (Å²) in [6.07, 6.45) is 3.49. The first-order valence-electron chi connectivity index (χ1n) is 7.34. The van der Waals surface area contributed by atoms with Crippen LogP contribution in [0.25, 0.3) is 5.82 Å². The first kappa shape index (κ1) is 13.1. The highest BCUT2D eigenvalue weighted by molar-refractivity contribution is 5.43. The fraction of sp³-hybridized carbons (Fsp3) is 0.533. The van der Waals surface area contributed by atoms with E-state index in [-0.39, 0.29) is 0 Å². The molecule has 0 spiro atoms. The topological polar surface area (TPSA) is 55.6 Å². The van der Waals surface area contributed by atoms with Crippen LogP contribution in [-0.2, 0) is 0 Å². The van der Waals surface area contributed by atoms with E-state index < -0.39 is 0 Å². The molecule has 1 aliphatic rings. The van der Waals surface area contributed by atoms with Crippen LogP contribution in [0, 0.1) is 13.8 Å². The lowest BCUT2D eigenvalue weighted by molar-refractivity contribution is 0.780. The van der Waals surface area contributed by atoms with E-state index in [0.29, 0.717) is 5.92 Å². The quantitative estimate of drug-likeness (QED) is 0.908. The minimum Gasteiger partial charge on any atom is -0.370 e. The lowest BCUT2D eigenvalue weighted by atomic mass is 10.3. The van der Waals surface area contributed by atoms with Crippen LogP contribution in [0.15, 0.2) is 12.1 Å². The summed E-state index contributed by atoms with van der Waals surface area (Å²) in [7, 11) is 0. The van der Waals surface area contributed by atoms with Crippen LogP contribution < -0.4 is 5.32 Å². The molecule has 0 radical (unpaired) electrons. The minimum absolute atomic E-state index is 0.536. The largest absolute Gasteiger partial charge is 0.370 e. The van der Waals surface area contributed by atoms with Crippen molar-refractivity contribution in [2.24, 2.45) is 0 Å². The van der Waals surface area contributed by atoms with Gasteiger partial charge in [-0.3, -0.25) is 0 Å². The monoisotopic (exact) mass is 271 g/mol. The summed E-state index contributed by atoms with van der Waals surface area (Å²) in [5, 5.41) is 7.88. The molecule has 0 atom stereocenters. The predicted molar refractivity (Wildman–Crippen MR) is 79.4 cm³/mol. The van der Waals surface area contributed by atoms with E-state index in [2.05, 4.69) is 35.3 Å². The molecule has 5 heteroatoms. The summed E-state index contributed by atoms with van der Waals surface area (Å²) in [6, 6.07) is 4.05. The van der Waals surface area contributed by atoms with Gasteiger partial charge in [-0.2, -0.15) is 5.10 Å². The van der Waals surface area contributed by atoms with E-state index >= 15 is 0 Å². The van der Waals surface area contributed by atoms with Gasteiger partial charge in [0.05, 0.1) is 5.69 Å². The third-order valence-corrected chi connectivity index (χ3v) is 3.46. The minimum atomic E-state index is 0.536. The maximum atomic E-state index is 4.70.